The predicted octanol–water partition coefficient (Wildman–Crippen LogP) is -3.45. The zero-order valence-electron chi connectivity index (χ0n) is 0. The Bertz CT molecular complexity index is 6.00. The lowest BCUT2D eigenvalue weighted by Crippen LogP contribution is -0.382. The van der Waals surface area contributed by atoms with Gasteiger partial charge in [0, 0.05) is 0 Å². The van der Waals surface area contributed by atoms with Crippen LogP contribution >= 0.6 is 0 Å². The standard InChI is InChI=1S/CH4.Al.2H4Si.3H/h1H4;;2*1H4;;;. The Morgan fingerprint density at radius 3 is 0.750 bits per heavy atom. The molecule has 0 saturated heterocycles. The molecule has 0 heterocycles. The van der Waals surface area contributed by atoms with Crippen molar-refractivity contribution in [3.05, 3.63) is 0 Å². The highest BCUT2D eigenvalue weighted by Gasteiger charge is 0.187. The highest BCUT2D eigenvalue weighted by atomic mass is 28.1. The van der Waals surface area contributed by atoms with E-state index in [4.69, 9.17) is 0 Å². The van der Waals surface area contributed by atoms with Gasteiger partial charge in [-0.15, -0.1) is 0 Å². The largest absolute Gasteiger partial charge is 0.187 e. The smallest absolute Gasteiger partial charge is 0.0776 e. The molecule has 30 valence electrons. The molecule has 0 rings (SSSR count). The van der Waals surface area contributed by atoms with E-state index < -0.39 is 0 Å². The first kappa shape index (κ1) is 83.7. The Labute approximate surface area is 47.2 Å². The van der Waals surface area contributed by atoms with Gasteiger partial charge in [0.25, 0.3) is 0 Å². The van der Waals surface area contributed by atoms with E-state index in [0.29, 0.717) is 0 Å². The van der Waals surface area contributed by atoms with Crippen LogP contribution in [0.5, 0.6) is 0 Å². The molecule has 0 amide bonds. The zero-order chi connectivity index (χ0) is 0. The number of hydrogen-bond donors (Lipinski definition) is 0. The first-order valence-electron chi connectivity index (χ1n) is 0. The molecule has 0 N–H and O–H groups in total. The Morgan fingerprint density at radius 2 is 0.750 bits per heavy atom. The van der Waals surface area contributed by atoms with Crippen molar-refractivity contribution in [1.29, 1.82) is 0 Å². The van der Waals surface area contributed by atoms with Gasteiger partial charge in [-0.25, -0.2) is 0 Å². The summed E-state index contributed by atoms with van der Waals surface area (Å²) in [5.74, 6) is 0. The Kier molecular flexibility index (Phi) is 782. The quantitative estimate of drug-likeness (QED) is 0.285. The van der Waals surface area contributed by atoms with Gasteiger partial charge in [0.2, 0.25) is 0 Å². The van der Waals surface area contributed by atoms with Crippen LogP contribution in [0, 0.1) is 0 Å². The molecular formula is CH15AlSi2. The fraction of sp³-hybridized carbons (Fsp3) is 1.00. The maximum absolute atomic E-state index is 0. The monoisotopic (exact) mass is 110 g/mol. The number of hydrogen-bond acceptors (Lipinski definition) is 0. The average molecular weight is 110 g/mol. The molecule has 3 heteroatoms. The molecule has 0 aliphatic rings. The molecular weight excluding hydrogens is 95.2 g/mol. The van der Waals surface area contributed by atoms with Crippen molar-refractivity contribution in [2.45, 2.75) is 7.43 Å². The molecule has 0 atom stereocenters. The van der Waals surface area contributed by atoms with Crippen LogP contribution in [0.2, 0.25) is 0 Å². The third-order valence-corrected chi connectivity index (χ3v) is 0. The summed E-state index contributed by atoms with van der Waals surface area (Å²) in [5, 5.41) is 0. The summed E-state index contributed by atoms with van der Waals surface area (Å²) in [5.41, 5.74) is 0. The summed E-state index contributed by atoms with van der Waals surface area (Å²) < 4.78 is 0. The van der Waals surface area contributed by atoms with E-state index in [1.165, 1.54) is 0 Å². The Balaban J connectivity index is 0. The third-order valence-electron chi connectivity index (χ3n) is 0. The van der Waals surface area contributed by atoms with Crippen LogP contribution in [0.4, 0.5) is 0 Å². The molecule has 0 aliphatic heterocycles. The van der Waals surface area contributed by atoms with Crippen LogP contribution in [0.25, 0.3) is 0 Å². The molecule has 0 aliphatic carbocycles. The predicted molar refractivity (Wildman–Crippen MR) is 39.3 cm³/mol. The highest BCUT2D eigenvalue weighted by Crippen LogP contribution is 0.144. The van der Waals surface area contributed by atoms with E-state index in [9.17, 15) is 0 Å². The Morgan fingerprint density at radius 1 is 0.750 bits per heavy atom. The first-order valence-corrected chi connectivity index (χ1v) is 0. The van der Waals surface area contributed by atoms with Gasteiger partial charge in [0.05, 0.1) is 0 Å². The lowest BCUT2D eigenvalue weighted by atomic mass is 12.0. The van der Waals surface area contributed by atoms with E-state index in [2.05, 4.69) is 0 Å². The van der Waals surface area contributed by atoms with Crippen molar-refractivity contribution < 1.29 is 0 Å². The SMILES string of the molecule is C.[AlH3].[SiH4].[SiH4]. The molecule has 0 spiro atoms. The maximum Gasteiger partial charge on any atom is 0.187 e. The first-order chi connectivity index (χ1) is 0. The Hall–Kier alpha value is 0.966. The molecule has 0 saturated carbocycles. The maximum atomic E-state index is 0. The van der Waals surface area contributed by atoms with Crippen molar-refractivity contribution in [1.82, 2.24) is 0 Å². The zero-order valence-corrected chi connectivity index (χ0v) is 0. The molecule has 0 unspecified atom stereocenters. The molecule has 0 bridgehead atoms. The van der Waals surface area contributed by atoms with Crippen molar-refractivity contribution in [3.63, 3.8) is 0 Å². The van der Waals surface area contributed by atoms with Gasteiger partial charge < -0.3 is 0 Å². The lowest BCUT2D eigenvalue weighted by molar-refractivity contribution is 2.50. The van der Waals surface area contributed by atoms with Crippen LogP contribution in [0.15, 0.2) is 0 Å². The third kappa shape index (κ3) is 12.3. The second-order valence-corrected chi connectivity index (χ2v) is 0. The molecule has 4 heavy (non-hydrogen) atoms. The highest BCUT2D eigenvalue weighted by molar-refractivity contribution is 5.76. The van der Waals surface area contributed by atoms with Crippen LogP contribution in [0.1, 0.15) is 7.43 Å². The van der Waals surface area contributed by atoms with E-state index in [1.54, 1.807) is 0 Å². The topological polar surface area (TPSA) is 0 Å². The van der Waals surface area contributed by atoms with Gasteiger partial charge >= 0.3 is 0 Å². The molecule has 0 aromatic carbocycles. The average Bonchev–Trinajstić information content (AvgIpc) is 0. The summed E-state index contributed by atoms with van der Waals surface area (Å²) in [7, 11) is 0. The van der Waals surface area contributed by atoms with Crippen molar-refractivity contribution in [2.75, 3.05) is 0 Å². The van der Waals surface area contributed by atoms with Gasteiger partial charge in [-0.2, -0.15) is 0 Å². The van der Waals surface area contributed by atoms with Gasteiger partial charge in [0.1, 0.15) is 0 Å². The molecule has 0 nitrogen and oxygen atoms in total. The van der Waals surface area contributed by atoms with Crippen LogP contribution in [0.3, 0.4) is 0 Å². The van der Waals surface area contributed by atoms with E-state index in [-0.39, 0.29) is 46.7 Å². The minimum Gasteiger partial charge on any atom is -0.0776 e. The fourth-order valence-corrected chi connectivity index (χ4v) is 0. The summed E-state index contributed by atoms with van der Waals surface area (Å²) in [6.07, 6.45) is 0. The number of rotatable bonds is 0. The fourth-order valence-electron chi connectivity index (χ4n) is 0. The van der Waals surface area contributed by atoms with Gasteiger partial charge in [-0.05, 0) is 21.9 Å². The van der Waals surface area contributed by atoms with Crippen LogP contribution < -0.4 is 0 Å². The molecule has 0 fully saturated rings. The van der Waals surface area contributed by atoms with Crippen LogP contribution in [-0.4, -0.2) is 39.3 Å². The van der Waals surface area contributed by atoms with Gasteiger partial charge in [-0.1, -0.05) is 7.43 Å². The summed E-state index contributed by atoms with van der Waals surface area (Å²) in [6, 6.07) is 0. The lowest BCUT2D eigenvalue weighted by Gasteiger charge is -0.0776. The van der Waals surface area contributed by atoms with Crippen molar-refractivity contribution in [2.24, 2.45) is 0 Å². The second-order valence-electron chi connectivity index (χ2n) is 0. The van der Waals surface area contributed by atoms with E-state index in [1.807, 2.05) is 0 Å². The molecule has 0 radical (unpaired) electrons. The van der Waals surface area contributed by atoms with Crippen LogP contribution in [-0.2, 0) is 0 Å². The summed E-state index contributed by atoms with van der Waals surface area (Å²) in [6.45, 7) is 0. The molecule has 0 aromatic heterocycles. The van der Waals surface area contributed by atoms with Gasteiger partial charge in [-0.3, -0.25) is 0 Å². The van der Waals surface area contributed by atoms with E-state index in [0.717, 1.165) is 0 Å². The van der Waals surface area contributed by atoms with Gasteiger partial charge in [0.15, 0.2) is 17.4 Å². The second kappa shape index (κ2) is 37.4. The summed E-state index contributed by atoms with van der Waals surface area (Å²) in [4.78, 5) is 0. The van der Waals surface area contributed by atoms with Crippen molar-refractivity contribution >= 4 is 39.3 Å². The minimum atomic E-state index is 0. The normalized spacial score (nSPS) is 0. The minimum absolute atomic E-state index is 0. The molecule has 0 aromatic rings. The van der Waals surface area contributed by atoms with Crippen molar-refractivity contribution in [3.8, 4) is 0 Å². The summed E-state index contributed by atoms with van der Waals surface area (Å²) >= 11 is 0. The van der Waals surface area contributed by atoms with E-state index >= 15 is 0 Å².